The predicted molar refractivity (Wildman–Crippen MR) is 74.4 cm³/mol. The van der Waals surface area contributed by atoms with Crippen molar-refractivity contribution in [1.29, 1.82) is 5.26 Å². The fourth-order valence-corrected chi connectivity index (χ4v) is 3.17. The Kier molecular flexibility index (Phi) is 3.82. The van der Waals surface area contributed by atoms with Crippen LogP contribution in [-0.2, 0) is 10.2 Å². The van der Waals surface area contributed by atoms with Crippen molar-refractivity contribution in [3.63, 3.8) is 0 Å². The highest BCUT2D eigenvalue weighted by Gasteiger charge is 2.49. The lowest BCUT2D eigenvalue weighted by atomic mass is 9.66. The standard InChI is InChI=1S/C16H21NO2/c1-5-13(8-17)16(9-19-10-16)15-12(3)6-11(2)7-14(15)18-4/h6-7,13H,5,9-10H2,1-4H3. The minimum atomic E-state index is -0.202. The van der Waals surface area contributed by atoms with Gasteiger partial charge in [0.05, 0.1) is 37.7 Å². The van der Waals surface area contributed by atoms with Crippen molar-refractivity contribution < 1.29 is 9.47 Å². The molecule has 0 amide bonds. The smallest absolute Gasteiger partial charge is 0.123 e. The number of rotatable bonds is 4. The molecule has 1 atom stereocenters. The van der Waals surface area contributed by atoms with Crippen LogP contribution in [0.4, 0.5) is 0 Å². The van der Waals surface area contributed by atoms with Gasteiger partial charge in [0.15, 0.2) is 0 Å². The molecule has 0 aliphatic carbocycles. The molecule has 1 aliphatic heterocycles. The number of ether oxygens (including phenoxy) is 2. The van der Waals surface area contributed by atoms with Crippen LogP contribution in [-0.4, -0.2) is 20.3 Å². The lowest BCUT2D eigenvalue weighted by molar-refractivity contribution is -0.0816. The molecule has 102 valence electrons. The Balaban J connectivity index is 2.59. The molecule has 19 heavy (non-hydrogen) atoms. The van der Waals surface area contributed by atoms with Crippen LogP contribution in [0.25, 0.3) is 0 Å². The van der Waals surface area contributed by atoms with Gasteiger partial charge in [0, 0.05) is 5.56 Å². The van der Waals surface area contributed by atoms with Crippen molar-refractivity contribution in [2.45, 2.75) is 32.6 Å². The molecule has 3 nitrogen and oxygen atoms in total. The monoisotopic (exact) mass is 259 g/mol. The Labute approximate surface area is 115 Å². The Hall–Kier alpha value is -1.53. The summed E-state index contributed by atoms with van der Waals surface area (Å²) >= 11 is 0. The summed E-state index contributed by atoms with van der Waals surface area (Å²) in [6, 6.07) is 6.65. The molecule has 1 fully saturated rings. The van der Waals surface area contributed by atoms with Crippen LogP contribution in [0.3, 0.4) is 0 Å². The second kappa shape index (κ2) is 5.22. The van der Waals surface area contributed by atoms with Gasteiger partial charge in [-0.3, -0.25) is 0 Å². The van der Waals surface area contributed by atoms with Gasteiger partial charge in [-0.1, -0.05) is 13.0 Å². The topological polar surface area (TPSA) is 42.2 Å². The van der Waals surface area contributed by atoms with E-state index in [0.717, 1.165) is 17.7 Å². The van der Waals surface area contributed by atoms with Crippen LogP contribution in [0.2, 0.25) is 0 Å². The van der Waals surface area contributed by atoms with E-state index in [2.05, 4.69) is 32.9 Å². The lowest BCUT2D eigenvalue weighted by Crippen LogP contribution is -2.52. The maximum absolute atomic E-state index is 9.45. The summed E-state index contributed by atoms with van der Waals surface area (Å²) in [5.41, 5.74) is 3.32. The van der Waals surface area contributed by atoms with Crippen molar-refractivity contribution in [3.05, 3.63) is 28.8 Å². The molecular formula is C16H21NO2. The van der Waals surface area contributed by atoms with E-state index >= 15 is 0 Å². The fourth-order valence-electron chi connectivity index (χ4n) is 3.17. The van der Waals surface area contributed by atoms with Crippen LogP contribution < -0.4 is 4.74 Å². The SMILES string of the molecule is CCC(C#N)C1(c2c(C)cc(C)cc2OC)COC1. The van der Waals surface area contributed by atoms with Gasteiger partial charge in [-0.2, -0.15) is 5.26 Å². The molecule has 1 aromatic rings. The molecule has 0 bridgehead atoms. The number of nitrogens with zero attached hydrogens (tertiary/aromatic N) is 1. The highest BCUT2D eigenvalue weighted by molar-refractivity contribution is 5.50. The Morgan fingerprint density at radius 1 is 1.42 bits per heavy atom. The third kappa shape index (κ3) is 2.11. The van der Waals surface area contributed by atoms with Crippen molar-refractivity contribution in [2.24, 2.45) is 5.92 Å². The summed E-state index contributed by atoms with van der Waals surface area (Å²) in [5, 5.41) is 9.45. The number of methoxy groups -OCH3 is 1. The first kappa shape index (κ1) is 13.9. The first-order valence-corrected chi connectivity index (χ1v) is 6.72. The molecule has 1 unspecified atom stereocenters. The zero-order valence-electron chi connectivity index (χ0n) is 12.1. The van der Waals surface area contributed by atoms with E-state index in [1.807, 2.05) is 6.07 Å². The van der Waals surface area contributed by atoms with Gasteiger partial charge in [-0.15, -0.1) is 0 Å². The highest BCUT2D eigenvalue weighted by Crippen LogP contribution is 2.46. The normalized spacial score (nSPS) is 18.3. The number of nitriles is 1. The van der Waals surface area contributed by atoms with E-state index in [1.54, 1.807) is 7.11 Å². The molecule has 3 heteroatoms. The first-order valence-electron chi connectivity index (χ1n) is 6.72. The molecule has 0 saturated carbocycles. The molecule has 2 rings (SSSR count). The molecule has 1 saturated heterocycles. The number of hydrogen-bond donors (Lipinski definition) is 0. The molecule has 1 aliphatic rings. The number of benzene rings is 1. The summed E-state index contributed by atoms with van der Waals surface area (Å²) < 4.78 is 11.0. The second-order valence-corrected chi connectivity index (χ2v) is 5.40. The summed E-state index contributed by atoms with van der Waals surface area (Å²) in [4.78, 5) is 0. The minimum absolute atomic E-state index is 0.0310. The van der Waals surface area contributed by atoms with Crippen molar-refractivity contribution in [2.75, 3.05) is 20.3 Å². The second-order valence-electron chi connectivity index (χ2n) is 5.40. The van der Waals surface area contributed by atoms with Crippen LogP contribution in [0.15, 0.2) is 12.1 Å². The van der Waals surface area contributed by atoms with Crippen LogP contribution in [0.1, 0.15) is 30.0 Å². The summed E-state index contributed by atoms with van der Waals surface area (Å²) in [7, 11) is 1.69. The third-order valence-corrected chi connectivity index (χ3v) is 4.11. The van der Waals surface area contributed by atoms with E-state index in [-0.39, 0.29) is 11.3 Å². The predicted octanol–water partition coefficient (Wildman–Crippen LogP) is 3.13. The number of hydrogen-bond acceptors (Lipinski definition) is 3. The number of aryl methyl sites for hydroxylation is 2. The van der Waals surface area contributed by atoms with E-state index < -0.39 is 0 Å². The maximum Gasteiger partial charge on any atom is 0.123 e. The van der Waals surface area contributed by atoms with Crippen molar-refractivity contribution in [3.8, 4) is 11.8 Å². The van der Waals surface area contributed by atoms with E-state index in [9.17, 15) is 5.26 Å². The van der Waals surface area contributed by atoms with Gasteiger partial charge in [0.2, 0.25) is 0 Å². The van der Waals surface area contributed by atoms with Gasteiger partial charge in [0.25, 0.3) is 0 Å². The molecule has 1 aromatic carbocycles. The minimum Gasteiger partial charge on any atom is -0.496 e. The Bertz CT molecular complexity index is 512. The first-order chi connectivity index (χ1) is 9.08. The summed E-state index contributed by atoms with van der Waals surface area (Å²) in [6.45, 7) is 7.43. The molecule has 0 aromatic heterocycles. The summed E-state index contributed by atoms with van der Waals surface area (Å²) in [5.74, 6) is 0.853. The van der Waals surface area contributed by atoms with E-state index in [1.165, 1.54) is 11.1 Å². The van der Waals surface area contributed by atoms with Crippen LogP contribution >= 0.6 is 0 Å². The average molecular weight is 259 g/mol. The van der Waals surface area contributed by atoms with E-state index in [0.29, 0.717) is 13.2 Å². The Morgan fingerprint density at radius 2 is 2.11 bits per heavy atom. The third-order valence-electron chi connectivity index (χ3n) is 4.11. The molecule has 0 spiro atoms. The van der Waals surface area contributed by atoms with Crippen LogP contribution in [0.5, 0.6) is 5.75 Å². The highest BCUT2D eigenvalue weighted by atomic mass is 16.5. The zero-order valence-corrected chi connectivity index (χ0v) is 12.1. The quantitative estimate of drug-likeness (QED) is 0.834. The van der Waals surface area contributed by atoms with Gasteiger partial charge < -0.3 is 9.47 Å². The van der Waals surface area contributed by atoms with Crippen molar-refractivity contribution >= 4 is 0 Å². The molecule has 1 heterocycles. The maximum atomic E-state index is 9.45. The zero-order chi connectivity index (χ0) is 14.0. The van der Waals surface area contributed by atoms with Crippen molar-refractivity contribution in [1.82, 2.24) is 0 Å². The fraction of sp³-hybridized carbons (Fsp3) is 0.562. The molecule has 0 radical (unpaired) electrons. The Morgan fingerprint density at radius 3 is 2.53 bits per heavy atom. The average Bonchev–Trinajstić information content (AvgIpc) is 2.34. The summed E-state index contributed by atoms with van der Waals surface area (Å²) in [6.07, 6.45) is 0.830. The van der Waals surface area contributed by atoms with Gasteiger partial charge >= 0.3 is 0 Å². The largest absolute Gasteiger partial charge is 0.496 e. The van der Waals surface area contributed by atoms with Crippen LogP contribution in [0, 0.1) is 31.1 Å². The lowest BCUT2D eigenvalue weighted by Gasteiger charge is -2.46. The van der Waals surface area contributed by atoms with E-state index in [4.69, 9.17) is 9.47 Å². The van der Waals surface area contributed by atoms with Gasteiger partial charge in [-0.25, -0.2) is 0 Å². The van der Waals surface area contributed by atoms with Gasteiger partial charge in [-0.05, 0) is 37.5 Å². The molecule has 0 N–H and O–H groups in total. The molecular weight excluding hydrogens is 238 g/mol. The van der Waals surface area contributed by atoms with Gasteiger partial charge in [0.1, 0.15) is 5.75 Å².